The van der Waals surface area contributed by atoms with Crippen LogP contribution < -0.4 is 5.32 Å². The number of ketones is 1. The molecule has 1 aromatic carbocycles. The van der Waals surface area contributed by atoms with Crippen molar-refractivity contribution < 1.29 is 9.59 Å². The lowest BCUT2D eigenvalue weighted by molar-refractivity contribution is -0.113. The maximum Gasteiger partial charge on any atom is 0.234 e. The molecule has 0 aliphatic heterocycles. The molecular formula is C18H17N3O2S. The standard InChI is InChI=1S/C18H17N3O2S/c1-11-8-12(2)20-18(16(11)9-19)24-10-17(23)21-15-6-4-14(5-7-15)13(3)22/h4-8H,10H2,1-3H3,(H,21,23). The largest absolute Gasteiger partial charge is 0.325 e. The minimum atomic E-state index is -0.194. The van der Waals surface area contributed by atoms with Gasteiger partial charge in [0.15, 0.2) is 5.78 Å². The molecule has 0 unspecified atom stereocenters. The van der Waals surface area contributed by atoms with Gasteiger partial charge in [-0.3, -0.25) is 9.59 Å². The highest BCUT2D eigenvalue weighted by molar-refractivity contribution is 8.00. The summed E-state index contributed by atoms with van der Waals surface area (Å²) in [5, 5.41) is 12.6. The number of thioether (sulfide) groups is 1. The van der Waals surface area contributed by atoms with Crippen LogP contribution in [0, 0.1) is 25.2 Å². The number of Topliss-reactive ketones (excluding diaryl/α,β-unsaturated/α-hetero) is 1. The first-order valence-corrected chi connectivity index (χ1v) is 8.31. The normalized spacial score (nSPS) is 10.1. The molecule has 1 heterocycles. The molecule has 0 atom stereocenters. The number of nitrogens with one attached hydrogen (secondary N) is 1. The van der Waals surface area contributed by atoms with Gasteiger partial charge in [-0.2, -0.15) is 5.26 Å². The maximum absolute atomic E-state index is 12.1. The van der Waals surface area contributed by atoms with Crippen molar-refractivity contribution in [2.24, 2.45) is 0 Å². The molecule has 0 fully saturated rings. The second kappa shape index (κ2) is 7.75. The summed E-state index contributed by atoms with van der Waals surface area (Å²) in [7, 11) is 0. The fourth-order valence-electron chi connectivity index (χ4n) is 2.16. The van der Waals surface area contributed by atoms with Gasteiger partial charge in [0.2, 0.25) is 5.91 Å². The molecule has 0 aliphatic rings. The van der Waals surface area contributed by atoms with Crippen LogP contribution in [-0.4, -0.2) is 22.4 Å². The highest BCUT2D eigenvalue weighted by Crippen LogP contribution is 2.23. The van der Waals surface area contributed by atoms with Gasteiger partial charge in [0.05, 0.1) is 11.3 Å². The maximum atomic E-state index is 12.1. The second-order valence-corrected chi connectivity index (χ2v) is 6.31. The van der Waals surface area contributed by atoms with Gasteiger partial charge in [0, 0.05) is 16.9 Å². The fourth-order valence-corrected chi connectivity index (χ4v) is 3.06. The summed E-state index contributed by atoms with van der Waals surface area (Å²) in [4.78, 5) is 27.6. The average Bonchev–Trinajstić information content (AvgIpc) is 2.53. The smallest absolute Gasteiger partial charge is 0.234 e. The minimum Gasteiger partial charge on any atom is -0.325 e. The van der Waals surface area contributed by atoms with E-state index in [2.05, 4.69) is 16.4 Å². The summed E-state index contributed by atoms with van der Waals surface area (Å²) in [6, 6.07) is 10.7. The quantitative estimate of drug-likeness (QED) is 0.666. The number of pyridine rings is 1. The molecule has 1 amide bonds. The molecule has 0 aliphatic carbocycles. The second-order valence-electron chi connectivity index (χ2n) is 5.34. The number of hydrogen-bond acceptors (Lipinski definition) is 5. The Labute approximate surface area is 145 Å². The molecule has 0 spiro atoms. The predicted octanol–water partition coefficient (Wildman–Crippen LogP) is 3.50. The molecule has 6 heteroatoms. The van der Waals surface area contributed by atoms with Gasteiger partial charge in [-0.15, -0.1) is 0 Å². The summed E-state index contributed by atoms with van der Waals surface area (Å²) < 4.78 is 0. The summed E-state index contributed by atoms with van der Waals surface area (Å²) in [6.45, 7) is 5.21. The molecule has 0 radical (unpaired) electrons. The summed E-state index contributed by atoms with van der Waals surface area (Å²) in [5.74, 6) is -0.0623. The first kappa shape index (κ1) is 17.7. The number of aryl methyl sites for hydroxylation is 2. The summed E-state index contributed by atoms with van der Waals surface area (Å²) in [5.41, 5.74) is 3.39. The number of hydrogen-bond donors (Lipinski definition) is 1. The zero-order chi connectivity index (χ0) is 17.7. The van der Waals surface area contributed by atoms with Crippen LogP contribution in [0.2, 0.25) is 0 Å². The molecule has 0 saturated heterocycles. The van der Waals surface area contributed by atoms with Gasteiger partial charge < -0.3 is 5.32 Å². The Morgan fingerprint density at radius 1 is 1.25 bits per heavy atom. The first-order valence-electron chi connectivity index (χ1n) is 7.32. The van der Waals surface area contributed by atoms with Gasteiger partial charge in [0.1, 0.15) is 11.1 Å². The number of carbonyl (C=O) groups excluding carboxylic acids is 2. The van der Waals surface area contributed by atoms with Crippen LogP contribution in [0.4, 0.5) is 5.69 Å². The van der Waals surface area contributed by atoms with Gasteiger partial charge >= 0.3 is 0 Å². The molecule has 24 heavy (non-hydrogen) atoms. The zero-order valence-corrected chi connectivity index (χ0v) is 14.5. The lowest BCUT2D eigenvalue weighted by Gasteiger charge is -2.08. The van der Waals surface area contributed by atoms with Crippen LogP contribution >= 0.6 is 11.8 Å². The third-order valence-electron chi connectivity index (χ3n) is 3.34. The minimum absolute atomic E-state index is 0.0200. The lowest BCUT2D eigenvalue weighted by Crippen LogP contribution is -2.14. The summed E-state index contributed by atoms with van der Waals surface area (Å²) >= 11 is 1.24. The van der Waals surface area contributed by atoms with Crippen molar-refractivity contribution in [2.45, 2.75) is 25.8 Å². The first-order chi connectivity index (χ1) is 11.4. The molecule has 2 aromatic rings. The number of amides is 1. The van der Waals surface area contributed by atoms with Gasteiger partial charge in [-0.1, -0.05) is 11.8 Å². The van der Waals surface area contributed by atoms with Gasteiger partial charge in [-0.05, 0) is 56.7 Å². The molecule has 1 N–H and O–H groups in total. The Morgan fingerprint density at radius 2 is 1.92 bits per heavy atom. The van der Waals surface area contributed by atoms with Crippen LogP contribution in [-0.2, 0) is 4.79 Å². The Morgan fingerprint density at radius 3 is 2.50 bits per heavy atom. The number of rotatable bonds is 5. The van der Waals surface area contributed by atoms with Crippen molar-refractivity contribution in [3.8, 4) is 6.07 Å². The third-order valence-corrected chi connectivity index (χ3v) is 4.31. The third kappa shape index (κ3) is 4.43. The Bertz CT molecular complexity index is 823. The number of benzene rings is 1. The van der Waals surface area contributed by atoms with Crippen LogP contribution in [0.3, 0.4) is 0 Å². The predicted molar refractivity (Wildman–Crippen MR) is 94.2 cm³/mol. The van der Waals surface area contributed by atoms with E-state index in [1.807, 2.05) is 19.9 Å². The van der Waals surface area contributed by atoms with Crippen molar-refractivity contribution in [3.63, 3.8) is 0 Å². The Kier molecular flexibility index (Phi) is 5.72. The van der Waals surface area contributed by atoms with E-state index in [1.54, 1.807) is 24.3 Å². The van der Waals surface area contributed by atoms with Crippen LogP contribution in [0.15, 0.2) is 35.4 Å². The molecule has 5 nitrogen and oxygen atoms in total. The van der Waals surface area contributed by atoms with E-state index >= 15 is 0 Å². The van der Waals surface area contributed by atoms with Crippen molar-refractivity contribution in [2.75, 3.05) is 11.1 Å². The van der Waals surface area contributed by atoms with Gasteiger partial charge in [-0.25, -0.2) is 4.98 Å². The van der Waals surface area contributed by atoms with Crippen molar-refractivity contribution in [1.29, 1.82) is 5.26 Å². The van der Waals surface area contributed by atoms with Crippen molar-refractivity contribution in [3.05, 3.63) is 52.7 Å². The number of anilines is 1. The van der Waals surface area contributed by atoms with E-state index in [1.165, 1.54) is 18.7 Å². The molecule has 1 aromatic heterocycles. The molecule has 2 rings (SSSR count). The molecule has 0 bridgehead atoms. The van der Waals surface area contributed by atoms with E-state index in [4.69, 9.17) is 0 Å². The van der Waals surface area contributed by atoms with E-state index in [9.17, 15) is 14.9 Å². The Hall–Kier alpha value is -2.65. The molecular weight excluding hydrogens is 322 g/mol. The number of aromatic nitrogens is 1. The zero-order valence-electron chi connectivity index (χ0n) is 13.7. The highest BCUT2D eigenvalue weighted by Gasteiger charge is 2.12. The number of nitriles is 1. The van der Waals surface area contributed by atoms with Crippen LogP contribution in [0.1, 0.15) is 34.1 Å². The number of nitrogens with zero attached hydrogens (tertiary/aromatic N) is 2. The van der Waals surface area contributed by atoms with Crippen molar-refractivity contribution in [1.82, 2.24) is 4.98 Å². The van der Waals surface area contributed by atoms with Gasteiger partial charge in [0.25, 0.3) is 0 Å². The van der Waals surface area contributed by atoms with E-state index < -0.39 is 0 Å². The fraction of sp³-hybridized carbons (Fsp3) is 0.222. The highest BCUT2D eigenvalue weighted by atomic mass is 32.2. The SMILES string of the molecule is CC(=O)c1ccc(NC(=O)CSc2nc(C)cc(C)c2C#N)cc1. The van der Waals surface area contributed by atoms with Crippen molar-refractivity contribution >= 4 is 29.1 Å². The molecule has 122 valence electrons. The van der Waals surface area contributed by atoms with Crippen LogP contribution in [0.25, 0.3) is 0 Å². The average molecular weight is 339 g/mol. The summed E-state index contributed by atoms with van der Waals surface area (Å²) in [6.07, 6.45) is 0. The monoisotopic (exact) mass is 339 g/mol. The van der Waals surface area contributed by atoms with E-state index in [0.717, 1.165) is 11.3 Å². The Balaban J connectivity index is 2.01. The van der Waals surface area contributed by atoms with E-state index in [-0.39, 0.29) is 17.4 Å². The topological polar surface area (TPSA) is 82.8 Å². The van der Waals surface area contributed by atoms with Crippen LogP contribution in [0.5, 0.6) is 0 Å². The number of carbonyl (C=O) groups is 2. The molecule has 0 saturated carbocycles. The van der Waals surface area contributed by atoms with E-state index in [0.29, 0.717) is 21.8 Å². The lowest BCUT2D eigenvalue weighted by atomic mass is 10.1.